The highest BCUT2D eigenvalue weighted by Gasteiger charge is 2.33. The fourth-order valence-electron chi connectivity index (χ4n) is 2.92. The van der Waals surface area contributed by atoms with Crippen molar-refractivity contribution in [2.24, 2.45) is 5.92 Å². The molecule has 7 heteroatoms. The maximum absolute atomic E-state index is 12.5. The van der Waals surface area contributed by atoms with Crippen LogP contribution >= 0.6 is 0 Å². The molecule has 0 bridgehead atoms. The number of nitrogens with zero attached hydrogens (tertiary/aromatic N) is 2. The summed E-state index contributed by atoms with van der Waals surface area (Å²) in [6.07, 6.45) is 0.680. The van der Waals surface area contributed by atoms with E-state index in [1.807, 2.05) is 26.0 Å². The second kappa shape index (κ2) is 7.00. The maximum Gasteiger partial charge on any atom is 0.255 e. The number of methoxy groups -OCH3 is 1. The third-order valence-corrected chi connectivity index (χ3v) is 4.21. The van der Waals surface area contributed by atoms with Gasteiger partial charge in [-0.2, -0.15) is 5.10 Å². The van der Waals surface area contributed by atoms with Crippen LogP contribution in [0.5, 0.6) is 5.75 Å². The molecular weight excluding hydrogens is 308 g/mol. The van der Waals surface area contributed by atoms with Crippen molar-refractivity contribution in [2.45, 2.75) is 26.4 Å². The number of aromatic amines is 1. The fourth-order valence-corrected chi connectivity index (χ4v) is 2.92. The summed E-state index contributed by atoms with van der Waals surface area (Å²) < 4.78 is 11.0. The molecule has 2 aromatic rings. The molecule has 1 fully saturated rings. The van der Waals surface area contributed by atoms with E-state index >= 15 is 0 Å². The summed E-state index contributed by atoms with van der Waals surface area (Å²) in [6, 6.07) is 5.53. The summed E-state index contributed by atoms with van der Waals surface area (Å²) in [4.78, 5) is 16.8. The van der Waals surface area contributed by atoms with Crippen LogP contribution in [0.15, 0.2) is 18.2 Å². The third kappa shape index (κ3) is 3.41. The molecule has 0 saturated carbocycles. The smallest absolute Gasteiger partial charge is 0.255 e. The molecule has 1 saturated heterocycles. The lowest BCUT2D eigenvalue weighted by atomic mass is 10.0. The molecule has 1 aliphatic heterocycles. The second-order valence-corrected chi connectivity index (χ2v) is 6.03. The molecule has 3 rings (SSSR count). The van der Waals surface area contributed by atoms with Crippen molar-refractivity contribution < 1.29 is 14.3 Å². The lowest BCUT2D eigenvalue weighted by Gasteiger charge is -2.17. The average molecular weight is 330 g/mol. The summed E-state index contributed by atoms with van der Waals surface area (Å²) in [5.41, 5.74) is 1.58. The summed E-state index contributed by atoms with van der Waals surface area (Å²) in [5.74, 6) is 1.99. The van der Waals surface area contributed by atoms with Crippen LogP contribution in [0.25, 0.3) is 0 Å². The number of H-pyrrole nitrogens is 1. The first-order valence-corrected chi connectivity index (χ1v) is 8.02. The lowest BCUT2D eigenvalue weighted by Crippen LogP contribution is -2.31. The van der Waals surface area contributed by atoms with E-state index in [-0.39, 0.29) is 17.9 Å². The van der Waals surface area contributed by atoms with E-state index in [1.54, 1.807) is 13.2 Å². The van der Waals surface area contributed by atoms with Crippen LogP contribution in [0.4, 0.5) is 0 Å². The number of hydrogen-bond donors (Lipinski definition) is 2. The summed E-state index contributed by atoms with van der Waals surface area (Å²) in [7, 11) is 1.57. The van der Waals surface area contributed by atoms with Crippen molar-refractivity contribution in [1.29, 1.82) is 0 Å². The first-order valence-electron chi connectivity index (χ1n) is 8.02. The number of hydrogen-bond acceptors (Lipinski definition) is 5. The van der Waals surface area contributed by atoms with Crippen molar-refractivity contribution in [1.82, 2.24) is 20.5 Å². The fraction of sp³-hybridized carbons (Fsp3) is 0.471. The zero-order chi connectivity index (χ0) is 17.1. The van der Waals surface area contributed by atoms with E-state index in [0.29, 0.717) is 30.3 Å². The third-order valence-electron chi connectivity index (χ3n) is 4.21. The zero-order valence-corrected chi connectivity index (χ0v) is 14.1. The van der Waals surface area contributed by atoms with Crippen LogP contribution in [0.1, 0.15) is 40.1 Å². The van der Waals surface area contributed by atoms with Crippen molar-refractivity contribution >= 4 is 5.91 Å². The first-order chi connectivity index (χ1) is 11.6. The number of carbonyl (C=O) groups excluding carboxylic acids is 1. The number of rotatable bonds is 5. The number of benzene rings is 1. The number of ether oxygens (including phenoxy) is 2. The minimum atomic E-state index is -0.185. The van der Waals surface area contributed by atoms with Gasteiger partial charge in [0.2, 0.25) is 0 Å². The normalized spacial score (nSPS) is 20.1. The van der Waals surface area contributed by atoms with E-state index in [0.717, 1.165) is 17.8 Å². The van der Waals surface area contributed by atoms with Crippen molar-refractivity contribution in [3.63, 3.8) is 0 Å². The van der Waals surface area contributed by atoms with Gasteiger partial charge in [-0.1, -0.05) is 6.07 Å². The molecule has 1 aliphatic rings. The molecule has 1 aromatic carbocycles. The summed E-state index contributed by atoms with van der Waals surface area (Å²) >= 11 is 0. The van der Waals surface area contributed by atoms with Gasteiger partial charge in [0.15, 0.2) is 5.82 Å². The van der Waals surface area contributed by atoms with Gasteiger partial charge < -0.3 is 14.8 Å². The Labute approximate surface area is 140 Å². The number of aromatic nitrogens is 3. The number of nitrogens with one attached hydrogen (secondary N) is 2. The second-order valence-electron chi connectivity index (χ2n) is 6.03. The van der Waals surface area contributed by atoms with Gasteiger partial charge in [0, 0.05) is 19.1 Å². The molecule has 2 N–H and O–H groups in total. The standard InChI is InChI=1S/C17H22N4O3/c1-10-4-5-13(14(8-10)23-3)17(22)18-9-12-6-7-24-15(12)16-19-11(2)20-21-16/h4-5,8,12,15H,6-7,9H2,1-3H3,(H,18,22)(H,19,20,21)/t12-,15-/m0/s1. The van der Waals surface area contributed by atoms with Gasteiger partial charge in [0.1, 0.15) is 17.7 Å². The Hall–Kier alpha value is -2.41. The highest BCUT2D eigenvalue weighted by atomic mass is 16.5. The Balaban J connectivity index is 1.65. The van der Waals surface area contributed by atoms with Gasteiger partial charge in [-0.15, -0.1) is 0 Å². The van der Waals surface area contributed by atoms with E-state index in [4.69, 9.17) is 9.47 Å². The zero-order valence-electron chi connectivity index (χ0n) is 14.1. The van der Waals surface area contributed by atoms with Gasteiger partial charge in [-0.25, -0.2) is 4.98 Å². The van der Waals surface area contributed by atoms with E-state index in [9.17, 15) is 4.79 Å². The molecule has 24 heavy (non-hydrogen) atoms. The number of aryl methyl sites for hydroxylation is 2. The summed E-state index contributed by atoms with van der Waals surface area (Å²) in [6.45, 7) is 4.97. The van der Waals surface area contributed by atoms with Crippen molar-refractivity contribution in [2.75, 3.05) is 20.3 Å². The Morgan fingerprint density at radius 1 is 1.46 bits per heavy atom. The van der Waals surface area contributed by atoms with E-state index in [1.165, 1.54) is 0 Å². The molecule has 128 valence electrons. The van der Waals surface area contributed by atoms with Gasteiger partial charge >= 0.3 is 0 Å². The van der Waals surface area contributed by atoms with Gasteiger partial charge in [-0.3, -0.25) is 9.89 Å². The highest BCUT2D eigenvalue weighted by molar-refractivity contribution is 5.97. The monoisotopic (exact) mass is 330 g/mol. The number of carbonyl (C=O) groups is 1. The van der Waals surface area contributed by atoms with Crippen molar-refractivity contribution in [3.8, 4) is 5.75 Å². The Bertz CT molecular complexity index is 728. The quantitative estimate of drug-likeness (QED) is 0.874. The van der Waals surface area contributed by atoms with Crippen LogP contribution in [-0.4, -0.2) is 41.3 Å². The van der Waals surface area contributed by atoms with Crippen LogP contribution in [0.2, 0.25) is 0 Å². The van der Waals surface area contributed by atoms with Crippen LogP contribution in [0, 0.1) is 19.8 Å². The lowest BCUT2D eigenvalue weighted by molar-refractivity contribution is 0.0797. The molecule has 2 heterocycles. The predicted molar refractivity (Wildman–Crippen MR) is 88.0 cm³/mol. The molecule has 7 nitrogen and oxygen atoms in total. The molecule has 0 aliphatic carbocycles. The Morgan fingerprint density at radius 2 is 2.29 bits per heavy atom. The molecule has 0 spiro atoms. The highest BCUT2D eigenvalue weighted by Crippen LogP contribution is 2.32. The van der Waals surface area contributed by atoms with Gasteiger partial charge in [0.25, 0.3) is 5.91 Å². The largest absolute Gasteiger partial charge is 0.496 e. The topological polar surface area (TPSA) is 89.1 Å². The Morgan fingerprint density at radius 3 is 3.00 bits per heavy atom. The van der Waals surface area contributed by atoms with E-state index in [2.05, 4.69) is 20.5 Å². The van der Waals surface area contributed by atoms with Gasteiger partial charge in [0.05, 0.1) is 12.7 Å². The van der Waals surface area contributed by atoms with Crippen LogP contribution in [-0.2, 0) is 4.74 Å². The molecular formula is C17H22N4O3. The van der Waals surface area contributed by atoms with Crippen molar-refractivity contribution in [3.05, 3.63) is 41.0 Å². The molecule has 0 radical (unpaired) electrons. The average Bonchev–Trinajstić information content (AvgIpc) is 3.20. The van der Waals surface area contributed by atoms with E-state index < -0.39 is 0 Å². The minimum Gasteiger partial charge on any atom is -0.496 e. The SMILES string of the molecule is COc1cc(C)ccc1C(=O)NC[C@@H]1CCO[C@@H]1c1n[nH]c(C)n1. The minimum absolute atomic E-state index is 0.149. The maximum atomic E-state index is 12.5. The van der Waals surface area contributed by atoms with Gasteiger partial charge in [-0.05, 0) is 38.0 Å². The summed E-state index contributed by atoms with van der Waals surface area (Å²) in [5, 5.41) is 9.99. The first kappa shape index (κ1) is 16.4. The number of amides is 1. The predicted octanol–water partition coefficient (Wildman–Crippen LogP) is 1.94. The van der Waals surface area contributed by atoms with Crippen LogP contribution in [0.3, 0.4) is 0 Å². The Kier molecular flexibility index (Phi) is 4.80. The van der Waals surface area contributed by atoms with Crippen LogP contribution < -0.4 is 10.1 Å². The molecule has 1 amide bonds. The molecule has 2 atom stereocenters. The molecule has 0 unspecified atom stereocenters. The molecule has 1 aromatic heterocycles.